The minimum absolute atomic E-state index is 0.0580. The molecular formula is C24H30ClF4N3O5. The normalized spacial score (nSPS) is 31.6. The zero-order chi connectivity index (χ0) is 26.8. The lowest BCUT2D eigenvalue weighted by molar-refractivity contribution is -0.188. The molecule has 5 rings (SSSR count). The number of piperidine rings is 1. The predicted octanol–water partition coefficient (Wildman–Crippen LogP) is 2.46. The van der Waals surface area contributed by atoms with Crippen LogP contribution in [0.4, 0.5) is 17.6 Å². The van der Waals surface area contributed by atoms with Gasteiger partial charge in [0.2, 0.25) is 5.91 Å². The van der Waals surface area contributed by atoms with Crippen molar-refractivity contribution in [3.8, 4) is 5.75 Å². The molecule has 3 atom stereocenters. The molecule has 4 aliphatic rings. The van der Waals surface area contributed by atoms with Gasteiger partial charge in [0.15, 0.2) is 6.61 Å². The summed E-state index contributed by atoms with van der Waals surface area (Å²) in [6, 6.07) is 3.85. The summed E-state index contributed by atoms with van der Waals surface area (Å²) in [4.78, 5) is 25.1. The molecule has 206 valence electrons. The minimum atomic E-state index is -4.33. The molecule has 1 heterocycles. The van der Waals surface area contributed by atoms with Gasteiger partial charge in [-0.15, -0.1) is 0 Å². The first-order chi connectivity index (χ1) is 17.4. The number of rotatable bonds is 8. The van der Waals surface area contributed by atoms with Crippen LogP contribution in [0.1, 0.15) is 38.5 Å². The van der Waals surface area contributed by atoms with Gasteiger partial charge in [0.25, 0.3) is 5.91 Å². The van der Waals surface area contributed by atoms with Crippen LogP contribution in [0.3, 0.4) is 0 Å². The Labute approximate surface area is 216 Å². The van der Waals surface area contributed by atoms with Gasteiger partial charge in [-0.1, -0.05) is 11.6 Å². The summed E-state index contributed by atoms with van der Waals surface area (Å²) in [5.74, 6) is -2.95. The molecule has 1 aromatic carbocycles. The Hall–Kier alpha value is -2.15. The van der Waals surface area contributed by atoms with Gasteiger partial charge in [0.1, 0.15) is 18.2 Å². The molecule has 2 amide bonds. The maximum absolute atomic E-state index is 13.5. The van der Waals surface area contributed by atoms with Crippen molar-refractivity contribution in [1.29, 1.82) is 0 Å². The monoisotopic (exact) mass is 551 g/mol. The summed E-state index contributed by atoms with van der Waals surface area (Å²) < 4.78 is 63.2. The Morgan fingerprint density at radius 3 is 2.46 bits per heavy atom. The number of ether oxygens (including phenoxy) is 2. The van der Waals surface area contributed by atoms with E-state index >= 15 is 0 Å². The van der Waals surface area contributed by atoms with E-state index in [1.165, 1.54) is 12.1 Å². The zero-order valence-electron chi connectivity index (χ0n) is 20.0. The highest BCUT2D eigenvalue weighted by Gasteiger charge is 2.55. The number of carbonyl (C=O) groups is 2. The van der Waals surface area contributed by atoms with Crippen LogP contribution in [0.15, 0.2) is 18.2 Å². The summed E-state index contributed by atoms with van der Waals surface area (Å²) >= 11 is 5.64. The summed E-state index contributed by atoms with van der Waals surface area (Å²) in [6.45, 7) is -0.694. The van der Waals surface area contributed by atoms with E-state index in [4.69, 9.17) is 21.1 Å². The predicted molar refractivity (Wildman–Crippen MR) is 125 cm³/mol. The first-order valence-corrected chi connectivity index (χ1v) is 12.5. The van der Waals surface area contributed by atoms with Crippen LogP contribution in [-0.4, -0.2) is 72.7 Å². The highest BCUT2D eigenvalue weighted by Crippen LogP contribution is 2.47. The van der Waals surface area contributed by atoms with E-state index in [0.717, 1.165) is 6.07 Å². The van der Waals surface area contributed by atoms with Crippen LogP contribution in [0.25, 0.3) is 0 Å². The van der Waals surface area contributed by atoms with Gasteiger partial charge in [-0.25, -0.2) is 4.39 Å². The highest BCUT2D eigenvalue weighted by molar-refractivity contribution is 6.30. The van der Waals surface area contributed by atoms with Crippen LogP contribution in [0.5, 0.6) is 5.75 Å². The molecule has 1 aliphatic heterocycles. The Kier molecular flexibility index (Phi) is 8.22. The molecular weight excluding hydrogens is 522 g/mol. The lowest BCUT2D eigenvalue weighted by atomic mass is 9.60. The number of amides is 2. The van der Waals surface area contributed by atoms with Gasteiger partial charge >= 0.3 is 6.18 Å². The zero-order valence-corrected chi connectivity index (χ0v) is 20.8. The molecule has 0 aromatic heterocycles. The highest BCUT2D eigenvalue weighted by atomic mass is 35.5. The lowest BCUT2D eigenvalue weighted by Crippen LogP contribution is -2.70. The van der Waals surface area contributed by atoms with Crippen molar-refractivity contribution >= 4 is 23.4 Å². The van der Waals surface area contributed by atoms with Crippen LogP contribution in [-0.2, 0) is 14.3 Å². The molecule has 3 aliphatic carbocycles. The second-order valence-corrected chi connectivity index (χ2v) is 10.6. The number of benzene rings is 1. The van der Waals surface area contributed by atoms with E-state index in [2.05, 4.69) is 16.0 Å². The van der Waals surface area contributed by atoms with Crippen molar-refractivity contribution in [3.05, 3.63) is 29.0 Å². The summed E-state index contributed by atoms with van der Waals surface area (Å²) in [6.07, 6.45) is -4.16. The minimum Gasteiger partial charge on any atom is -0.484 e. The molecule has 13 heteroatoms. The number of nitrogens with one attached hydrogen (secondary N) is 3. The SMILES string of the molecule is O=C(COc1ccc(Cl)c(F)c1)NC12CCC(NC(=O)COC3CNCC(C(F)(F)F)C3)(CC1)C(O)C2. The topological polar surface area (TPSA) is 109 Å². The first kappa shape index (κ1) is 27.9. The first-order valence-electron chi connectivity index (χ1n) is 12.2. The van der Waals surface area contributed by atoms with Crippen LogP contribution < -0.4 is 20.7 Å². The van der Waals surface area contributed by atoms with Gasteiger partial charge in [-0.05, 0) is 50.7 Å². The fraction of sp³-hybridized carbons (Fsp3) is 0.667. The number of aliphatic hydroxyl groups is 1. The molecule has 37 heavy (non-hydrogen) atoms. The van der Waals surface area contributed by atoms with Crippen molar-refractivity contribution in [3.63, 3.8) is 0 Å². The largest absolute Gasteiger partial charge is 0.484 e. The molecule has 4 N–H and O–H groups in total. The van der Waals surface area contributed by atoms with Crippen LogP contribution >= 0.6 is 11.6 Å². The number of fused-ring (bicyclic) bond motifs is 3. The van der Waals surface area contributed by atoms with Crippen LogP contribution in [0, 0.1) is 11.7 Å². The fourth-order valence-corrected chi connectivity index (χ4v) is 5.61. The maximum Gasteiger partial charge on any atom is 0.393 e. The van der Waals surface area contributed by atoms with E-state index < -0.39 is 59.6 Å². The maximum atomic E-state index is 13.5. The second-order valence-electron chi connectivity index (χ2n) is 10.2. The van der Waals surface area contributed by atoms with E-state index in [9.17, 15) is 32.3 Å². The average molecular weight is 552 g/mol. The Morgan fingerprint density at radius 1 is 1.11 bits per heavy atom. The van der Waals surface area contributed by atoms with Crippen molar-refractivity contribution < 1.29 is 41.7 Å². The molecule has 8 nitrogen and oxygen atoms in total. The molecule has 4 fully saturated rings. The number of aliphatic hydroxyl groups excluding tert-OH is 1. The average Bonchev–Trinajstić information content (AvgIpc) is 2.84. The number of hydrogen-bond donors (Lipinski definition) is 4. The molecule has 3 saturated carbocycles. The Bertz CT molecular complexity index is 1000. The van der Waals surface area contributed by atoms with Gasteiger partial charge in [-0.2, -0.15) is 13.2 Å². The Morgan fingerprint density at radius 2 is 1.81 bits per heavy atom. The van der Waals surface area contributed by atoms with Gasteiger partial charge in [0, 0.05) is 24.7 Å². The van der Waals surface area contributed by atoms with Gasteiger partial charge < -0.3 is 30.5 Å². The summed E-state index contributed by atoms with van der Waals surface area (Å²) in [5, 5.41) is 19.2. The van der Waals surface area contributed by atoms with Gasteiger partial charge in [0.05, 0.1) is 28.7 Å². The number of halogens is 5. The molecule has 1 saturated heterocycles. The summed E-state index contributed by atoms with van der Waals surface area (Å²) in [5.41, 5.74) is -1.54. The smallest absolute Gasteiger partial charge is 0.393 e. The van der Waals surface area contributed by atoms with E-state index in [1.807, 2.05) is 0 Å². The lowest BCUT2D eigenvalue weighted by Gasteiger charge is -2.56. The van der Waals surface area contributed by atoms with Crippen molar-refractivity contribution in [2.24, 2.45) is 5.92 Å². The molecule has 0 spiro atoms. The van der Waals surface area contributed by atoms with E-state index in [1.54, 1.807) is 0 Å². The van der Waals surface area contributed by atoms with E-state index in [0.29, 0.717) is 25.7 Å². The number of hydrogen-bond acceptors (Lipinski definition) is 6. The standard InChI is InChI=1S/C24H30ClF4N3O5/c25-17-2-1-15(8-18(17)26)36-12-20(34)31-22-3-5-23(6-4-22,19(33)9-22)32-21(35)13-37-16-7-14(10-30-11-16)24(27,28)29/h1-2,8,14,16,19,30,33H,3-7,9-13H2,(H,31,34)(H,32,35). The van der Waals surface area contributed by atoms with E-state index in [-0.39, 0.29) is 43.3 Å². The van der Waals surface area contributed by atoms with Crippen molar-refractivity contribution in [2.45, 2.75) is 68.0 Å². The Balaban J connectivity index is 1.24. The molecule has 2 bridgehead atoms. The van der Waals surface area contributed by atoms with Crippen molar-refractivity contribution in [1.82, 2.24) is 16.0 Å². The second kappa shape index (κ2) is 10.9. The third-order valence-electron chi connectivity index (χ3n) is 7.60. The third-order valence-corrected chi connectivity index (χ3v) is 7.90. The molecule has 1 aromatic rings. The third kappa shape index (κ3) is 6.65. The van der Waals surface area contributed by atoms with Crippen molar-refractivity contribution in [2.75, 3.05) is 26.3 Å². The van der Waals surface area contributed by atoms with Gasteiger partial charge in [-0.3, -0.25) is 9.59 Å². The quantitative estimate of drug-likeness (QED) is 0.370. The molecule has 3 unspecified atom stereocenters. The number of alkyl halides is 3. The fourth-order valence-electron chi connectivity index (χ4n) is 5.50. The summed E-state index contributed by atoms with van der Waals surface area (Å²) in [7, 11) is 0. The molecule has 0 radical (unpaired) electrons. The number of carbonyl (C=O) groups excluding carboxylic acids is 2. The van der Waals surface area contributed by atoms with Crippen LogP contribution in [0.2, 0.25) is 5.02 Å².